The summed E-state index contributed by atoms with van der Waals surface area (Å²) in [5.41, 5.74) is 3.38. The number of benzene rings is 1. The van der Waals surface area contributed by atoms with Gasteiger partial charge in [-0.1, -0.05) is 26.0 Å². The summed E-state index contributed by atoms with van der Waals surface area (Å²) in [5.74, 6) is 0.148. The largest absolute Gasteiger partial charge is 0.460 e. The lowest BCUT2D eigenvalue weighted by molar-refractivity contribution is -0.384. The quantitative estimate of drug-likeness (QED) is 0.537. The van der Waals surface area contributed by atoms with Crippen molar-refractivity contribution in [1.82, 2.24) is 5.32 Å². The van der Waals surface area contributed by atoms with Crippen LogP contribution in [0.4, 0.5) is 5.69 Å². The molecule has 0 saturated heterocycles. The summed E-state index contributed by atoms with van der Waals surface area (Å²) in [4.78, 5) is 24.2. The molecule has 0 fully saturated rings. The molecule has 0 saturated carbocycles. The molecule has 7 heteroatoms. The number of aryl methyl sites for hydroxylation is 1. The van der Waals surface area contributed by atoms with E-state index in [-0.39, 0.29) is 16.9 Å². The fourth-order valence-corrected chi connectivity index (χ4v) is 4.64. The maximum Gasteiger partial charge on any atom is 0.280 e. The van der Waals surface area contributed by atoms with Gasteiger partial charge in [-0.25, -0.2) is 0 Å². The summed E-state index contributed by atoms with van der Waals surface area (Å²) in [7, 11) is 0. The van der Waals surface area contributed by atoms with Crippen LogP contribution in [-0.2, 0) is 4.79 Å². The van der Waals surface area contributed by atoms with E-state index in [0.717, 1.165) is 5.70 Å². The molecule has 2 aliphatic rings. The van der Waals surface area contributed by atoms with E-state index < -0.39 is 10.8 Å². The summed E-state index contributed by atoms with van der Waals surface area (Å²) in [6.07, 6.45) is 1.08. The van der Waals surface area contributed by atoms with Gasteiger partial charge in [-0.2, -0.15) is 5.26 Å². The molecule has 0 amide bonds. The summed E-state index contributed by atoms with van der Waals surface area (Å²) in [5, 5.41) is 24.6. The minimum absolute atomic E-state index is 0.0103. The summed E-state index contributed by atoms with van der Waals surface area (Å²) in [6, 6.07) is 10.5. The maximum atomic E-state index is 13.1. The molecule has 1 aromatic heterocycles. The molecule has 0 radical (unpaired) electrons. The van der Waals surface area contributed by atoms with Crippen LogP contribution in [0.3, 0.4) is 0 Å². The first-order chi connectivity index (χ1) is 14.6. The molecule has 1 atom stereocenters. The minimum atomic E-state index is -0.623. The number of allylic oxidation sites excluding steroid dienone is 4. The SMILES string of the molecule is CC1=C(C#N)[C@H](c2ccc(-c3c(C)cccc3[N+](=O)[O-])o2)C2=C(CC(C)(C)CC2=O)N1. The number of nitriles is 1. The molecule has 0 bridgehead atoms. The van der Waals surface area contributed by atoms with Crippen molar-refractivity contribution < 1.29 is 14.1 Å². The first-order valence-electron chi connectivity index (χ1n) is 10.1. The van der Waals surface area contributed by atoms with E-state index in [1.54, 1.807) is 31.2 Å². The number of furan rings is 1. The highest BCUT2D eigenvalue weighted by molar-refractivity contribution is 6.00. The first-order valence-corrected chi connectivity index (χ1v) is 10.1. The third-order valence-electron chi connectivity index (χ3n) is 5.97. The summed E-state index contributed by atoms with van der Waals surface area (Å²) < 4.78 is 6.11. The number of ketones is 1. The van der Waals surface area contributed by atoms with Crippen LogP contribution in [0.15, 0.2) is 57.3 Å². The fraction of sp³-hybridized carbons (Fsp3) is 0.333. The maximum absolute atomic E-state index is 13.1. The monoisotopic (exact) mass is 417 g/mol. The third-order valence-corrected chi connectivity index (χ3v) is 5.97. The Morgan fingerprint density at radius 2 is 1.97 bits per heavy atom. The van der Waals surface area contributed by atoms with Gasteiger partial charge in [0, 0.05) is 29.5 Å². The van der Waals surface area contributed by atoms with E-state index in [1.807, 2.05) is 20.8 Å². The Morgan fingerprint density at radius 3 is 2.65 bits per heavy atom. The van der Waals surface area contributed by atoms with Crippen LogP contribution in [0.1, 0.15) is 50.9 Å². The Balaban J connectivity index is 1.87. The van der Waals surface area contributed by atoms with Crippen molar-refractivity contribution in [3.63, 3.8) is 0 Å². The number of carbonyl (C=O) groups is 1. The van der Waals surface area contributed by atoms with Crippen LogP contribution in [0.5, 0.6) is 0 Å². The van der Waals surface area contributed by atoms with Gasteiger partial charge in [0.2, 0.25) is 0 Å². The standard InChI is InChI=1S/C24H23N3O4/c1-13-6-5-7-17(27(29)30)21(13)19-8-9-20(31-19)22-15(12-25)14(2)26-16-10-24(3,4)11-18(28)23(16)22/h5-9,22,26H,10-11H2,1-4H3/t22-/m1/s1. The van der Waals surface area contributed by atoms with Gasteiger partial charge < -0.3 is 9.73 Å². The second-order valence-electron chi connectivity index (χ2n) is 8.97. The van der Waals surface area contributed by atoms with Gasteiger partial charge in [0.1, 0.15) is 11.5 Å². The van der Waals surface area contributed by atoms with E-state index in [9.17, 15) is 20.2 Å². The molecule has 7 nitrogen and oxygen atoms in total. The Morgan fingerprint density at radius 1 is 1.23 bits per heavy atom. The number of hydrogen-bond donors (Lipinski definition) is 1. The normalized spacial score (nSPS) is 20.2. The molecule has 1 aliphatic carbocycles. The zero-order valence-electron chi connectivity index (χ0n) is 17.9. The summed E-state index contributed by atoms with van der Waals surface area (Å²) in [6.45, 7) is 7.70. The average Bonchev–Trinajstić information content (AvgIpc) is 3.14. The predicted molar refractivity (Wildman–Crippen MR) is 115 cm³/mol. The topological polar surface area (TPSA) is 109 Å². The smallest absolute Gasteiger partial charge is 0.280 e. The zero-order valence-corrected chi connectivity index (χ0v) is 17.9. The van der Waals surface area contributed by atoms with Crippen LogP contribution < -0.4 is 5.32 Å². The third kappa shape index (κ3) is 3.44. The lowest BCUT2D eigenvalue weighted by Crippen LogP contribution is -2.36. The zero-order chi connectivity index (χ0) is 22.5. The molecular formula is C24H23N3O4. The van der Waals surface area contributed by atoms with Crippen LogP contribution in [-0.4, -0.2) is 10.7 Å². The van der Waals surface area contributed by atoms with E-state index in [2.05, 4.69) is 11.4 Å². The van der Waals surface area contributed by atoms with Crippen molar-refractivity contribution in [2.45, 2.75) is 46.5 Å². The van der Waals surface area contributed by atoms with Crippen molar-refractivity contribution in [2.75, 3.05) is 0 Å². The van der Waals surface area contributed by atoms with Crippen molar-refractivity contribution >= 4 is 11.5 Å². The van der Waals surface area contributed by atoms with Gasteiger partial charge in [0.05, 0.1) is 28.0 Å². The molecule has 2 heterocycles. The van der Waals surface area contributed by atoms with Crippen molar-refractivity contribution in [3.8, 4) is 17.4 Å². The number of dihydropyridines is 1. The van der Waals surface area contributed by atoms with E-state index in [1.165, 1.54) is 6.07 Å². The minimum Gasteiger partial charge on any atom is -0.460 e. The Labute approximate surface area is 180 Å². The highest BCUT2D eigenvalue weighted by Gasteiger charge is 2.42. The molecule has 1 N–H and O–H groups in total. The molecule has 1 aliphatic heterocycles. The number of nitrogens with zero attached hydrogens (tertiary/aromatic N) is 2. The summed E-state index contributed by atoms with van der Waals surface area (Å²) >= 11 is 0. The number of nitro benzene ring substituents is 1. The number of rotatable bonds is 3. The van der Waals surface area contributed by atoms with Crippen LogP contribution in [0.25, 0.3) is 11.3 Å². The fourth-order valence-electron chi connectivity index (χ4n) is 4.64. The first kappa shape index (κ1) is 20.6. The number of carbonyl (C=O) groups excluding carboxylic acids is 1. The van der Waals surface area contributed by atoms with Gasteiger partial charge >= 0.3 is 0 Å². The molecular weight excluding hydrogens is 394 g/mol. The highest BCUT2D eigenvalue weighted by atomic mass is 16.6. The lowest BCUT2D eigenvalue weighted by Gasteiger charge is -2.38. The Hall–Kier alpha value is -3.66. The molecule has 0 unspecified atom stereocenters. The second kappa shape index (κ2) is 7.24. The lowest BCUT2D eigenvalue weighted by atomic mass is 9.70. The molecule has 0 spiro atoms. The van der Waals surface area contributed by atoms with E-state index in [4.69, 9.17) is 4.42 Å². The molecule has 31 heavy (non-hydrogen) atoms. The van der Waals surface area contributed by atoms with Gasteiger partial charge in [-0.3, -0.25) is 14.9 Å². The van der Waals surface area contributed by atoms with Crippen molar-refractivity contribution in [1.29, 1.82) is 5.26 Å². The number of hydrogen-bond acceptors (Lipinski definition) is 6. The Kier molecular flexibility index (Phi) is 4.81. The van der Waals surface area contributed by atoms with Gasteiger partial charge in [0.15, 0.2) is 5.78 Å². The van der Waals surface area contributed by atoms with Crippen LogP contribution in [0.2, 0.25) is 0 Å². The van der Waals surface area contributed by atoms with E-state index in [0.29, 0.717) is 52.3 Å². The van der Waals surface area contributed by atoms with Crippen molar-refractivity contribution in [3.05, 3.63) is 74.3 Å². The molecule has 158 valence electrons. The molecule has 1 aromatic carbocycles. The van der Waals surface area contributed by atoms with Crippen LogP contribution >= 0.6 is 0 Å². The average molecular weight is 417 g/mol. The van der Waals surface area contributed by atoms with Gasteiger partial charge in [-0.05, 0) is 43.4 Å². The number of Topliss-reactive ketones (excluding diaryl/α,β-unsaturated/α-hetero) is 1. The van der Waals surface area contributed by atoms with Gasteiger partial charge in [0.25, 0.3) is 5.69 Å². The van der Waals surface area contributed by atoms with Crippen molar-refractivity contribution in [2.24, 2.45) is 5.41 Å². The Bertz CT molecular complexity index is 1220. The number of nitro groups is 1. The highest BCUT2D eigenvalue weighted by Crippen LogP contribution is 2.47. The predicted octanol–water partition coefficient (Wildman–Crippen LogP) is 5.29. The number of nitrogens with one attached hydrogen (secondary N) is 1. The molecule has 4 rings (SSSR count). The second-order valence-corrected chi connectivity index (χ2v) is 8.97. The van der Waals surface area contributed by atoms with Gasteiger partial charge in [-0.15, -0.1) is 0 Å². The molecule has 2 aromatic rings. The van der Waals surface area contributed by atoms with Crippen LogP contribution in [0, 0.1) is 33.8 Å². The van der Waals surface area contributed by atoms with E-state index >= 15 is 0 Å².